The third-order valence-corrected chi connectivity index (χ3v) is 10.0. The molecule has 2 amide bonds. The highest BCUT2D eigenvalue weighted by Crippen LogP contribution is 2.21. The van der Waals surface area contributed by atoms with E-state index in [4.69, 9.17) is 9.47 Å². The molecule has 54 heavy (non-hydrogen) atoms. The average Bonchev–Trinajstić information content (AvgIpc) is 3.20. The Balaban J connectivity index is 1.06. The van der Waals surface area contributed by atoms with Crippen LogP contribution in [0.2, 0.25) is 0 Å². The van der Waals surface area contributed by atoms with Gasteiger partial charge in [-0.1, -0.05) is 87.4 Å². The number of methoxy groups -OCH3 is 2. The van der Waals surface area contributed by atoms with Gasteiger partial charge in [-0.15, -0.1) is 0 Å². The van der Waals surface area contributed by atoms with E-state index in [9.17, 15) is 9.59 Å². The van der Waals surface area contributed by atoms with E-state index in [0.717, 1.165) is 114 Å². The van der Waals surface area contributed by atoms with Crippen LogP contribution >= 0.6 is 0 Å². The zero-order valence-electron chi connectivity index (χ0n) is 33.1. The third kappa shape index (κ3) is 15.0. The van der Waals surface area contributed by atoms with E-state index in [2.05, 4.69) is 82.8 Å². The highest BCUT2D eigenvalue weighted by Gasteiger charge is 2.11. The van der Waals surface area contributed by atoms with Gasteiger partial charge in [0.2, 0.25) is 11.8 Å². The smallest absolute Gasteiger partial charge is 0.224 e. The molecule has 8 nitrogen and oxygen atoms in total. The molecule has 4 aromatic rings. The number of nitrogens with one attached hydrogen (secondary N) is 2. The number of ether oxygens (including phenoxy) is 2. The van der Waals surface area contributed by atoms with Crippen LogP contribution in [0.3, 0.4) is 0 Å². The van der Waals surface area contributed by atoms with E-state index in [1.807, 2.05) is 48.5 Å². The Morgan fingerprint density at radius 1 is 0.519 bits per heavy atom. The zero-order valence-corrected chi connectivity index (χ0v) is 33.1. The van der Waals surface area contributed by atoms with Gasteiger partial charge in [-0.05, 0) is 112 Å². The predicted octanol–water partition coefficient (Wildman–Crippen LogP) is 9.53. The summed E-state index contributed by atoms with van der Waals surface area (Å²) in [6.07, 6.45) is 8.79. The number of para-hydroxylation sites is 2. The Bertz CT molecular complexity index is 1550. The molecule has 0 saturated heterocycles. The van der Waals surface area contributed by atoms with Gasteiger partial charge in [-0.3, -0.25) is 19.4 Å². The second kappa shape index (κ2) is 23.9. The van der Waals surface area contributed by atoms with Gasteiger partial charge in [0.25, 0.3) is 0 Å². The molecule has 4 aromatic carbocycles. The van der Waals surface area contributed by atoms with Crippen LogP contribution in [-0.2, 0) is 35.5 Å². The molecule has 0 fully saturated rings. The number of nitrogens with zero attached hydrogens (tertiary/aromatic N) is 2. The number of benzene rings is 4. The summed E-state index contributed by atoms with van der Waals surface area (Å²) < 4.78 is 11.0. The number of hydrogen-bond donors (Lipinski definition) is 2. The molecule has 0 bridgehead atoms. The first kappa shape index (κ1) is 42.1. The maximum absolute atomic E-state index is 12.6. The van der Waals surface area contributed by atoms with Crippen LogP contribution in [0, 0.1) is 0 Å². The summed E-state index contributed by atoms with van der Waals surface area (Å²) in [5.74, 6) is 2.00. The summed E-state index contributed by atoms with van der Waals surface area (Å²) in [6.45, 7) is 10.1. The van der Waals surface area contributed by atoms with Crippen molar-refractivity contribution < 1.29 is 19.1 Å². The van der Waals surface area contributed by atoms with Crippen molar-refractivity contribution >= 4 is 23.2 Å². The number of carbonyl (C=O) groups is 2. The average molecular weight is 735 g/mol. The minimum absolute atomic E-state index is 0.0656. The molecular weight excluding hydrogens is 673 g/mol. The molecule has 0 saturated carbocycles. The monoisotopic (exact) mass is 734 g/mol. The molecule has 2 N–H and O–H groups in total. The van der Waals surface area contributed by atoms with Gasteiger partial charge >= 0.3 is 0 Å². The Hall–Kier alpha value is -4.66. The van der Waals surface area contributed by atoms with E-state index in [1.54, 1.807) is 14.2 Å². The molecule has 0 spiro atoms. The maximum atomic E-state index is 12.6. The van der Waals surface area contributed by atoms with Crippen molar-refractivity contribution in [3.05, 3.63) is 119 Å². The van der Waals surface area contributed by atoms with Crippen molar-refractivity contribution in [2.45, 2.75) is 91.1 Å². The van der Waals surface area contributed by atoms with Gasteiger partial charge in [0, 0.05) is 48.4 Å². The largest absolute Gasteiger partial charge is 0.496 e. The molecule has 0 aromatic heterocycles. The molecule has 0 heterocycles. The SMILES string of the molecule is CCN(CCCCCC(=O)Nc1ccc(CCc2ccc(NC(=O)CCCCCN(CC)Cc3ccccc3OC)cc2)cc1)Cc1ccccc1OC. The van der Waals surface area contributed by atoms with Gasteiger partial charge in [0.05, 0.1) is 14.2 Å². The molecule has 4 rings (SSSR count). The molecule has 0 atom stereocenters. The fraction of sp³-hybridized carbons (Fsp3) is 0.435. The molecule has 290 valence electrons. The van der Waals surface area contributed by atoms with Crippen LogP contribution < -0.4 is 20.1 Å². The molecule has 8 heteroatoms. The first-order valence-electron chi connectivity index (χ1n) is 19.9. The summed E-state index contributed by atoms with van der Waals surface area (Å²) in [5.41, 5.74) is 6.53. The molecule has 0 aliphatic carbocycles. The van der Waals surface area contributed by atoms with Crippen molar-refractivity contribution in [2.24, 2.45) is 0 Å². The highest BCUT2D eigenvalue weighted by molar-refractivity contribution is 5.91. The third-order valence-electron chi connectivity index (χ3n) is 10.0. The lowest BCUT2D eigenvalue weighted by Crippen LogP contribution is -2.24. The van der Waals surface area contributed by atoms with Gasteiger partial charge < -0.3 is 20.1 Å². The second-order valence-corrected chi connectivity index (χ2v) is 14.0. The molecule has 0 aliphatic rings. The van der Waals surface area contributed by atoms with Crippen molar-refractivity contribution in [3.63, 3.8) is 0 Å². The van der Waals surface area contributed by atoms with Gasteiger partial charge in [0.15, 0.2) is 0 Å². The van der Waals surface area contributed by atoms with Crippen LogP contribution in [0.25, 0.3) is 0 Å². The van der Waals surface area contributed by atoms with E-state index in [-0.39, 0.29) is 11.8 Å². The summed E-state index contributed by atoms with van der Waals surface area (Å²) in [5, 5.41) is 6.11. The van der Waals surface area contributed by atoms with Crippen molar-refractivity contribution in [3.8, 4) is 11.5 Å². The number of unbranched alkanes of at least 4 members (excludes halogenated alkanes) is 4. The normalized spacial score (nSPS) is 11.1. The lowest BCUT2D eigenvalue weighted by atomic mass is 10.0. The minimum Gasteiger partial charge on any atom is -0.496 e. The summed E-state index contributed by atoms with van der Waals surface area (Å²) in [7, 11) is 3.44. The maximum Gasteiger partial charge on any atom is 0.224 e. The van der Waals surface area contributed by atoms with Crippen molar-refractivity contribution in [1.29, 1.82) is 0 Å². The molecular formula is C46H62N4O4. The first-order chi connectivity index (χ1) is 26.4. The minimum atomic E-state index is 0.0656. The summed E-state index contributed by atoms with van der Waals surface area (Å²) in [4.78, 5) is 30.0. The quantitative estimate of drug-likeness (QED) is 0.0661. The lowest BCUT2D eigenvalue weighted by molar-refractivity contribution is -0.117. The van der Waals surface area contributed by atoms with Crippen LogP contribution in [0.5, 0.6) is 11.5 Å². The lowest BCUT2D eigenvalue weighted by Gasteiger charge is -2.21. The van der Waals surface area contributed by atoms with E-state index in [1.165, 1.54) is 22.3 Å². The summed E-state index contributed by atoms with van der Waals surface area (Å²) >= 11 is 0. The number of amides is 2. The standard InChI is InChI=1S/C46H62N4O4/c1-5-49(35-39-17-11-13-19-43(39)53-3)33-15-7-9-21-45(51)47-41-29-25-37(26-30-41)23-24-38-27-31-42(32-28-38)48-46(52)22-10-8-16-34-50(6-2)36-40-18-12-14-20-44(40)54-4/h11-14,17-20,25-32H,5-10,15-16,21-24,33-36H2,1-4H3,(H,47,51)(H,48,52). The van der Waals surface area contributed by atoms with Gasteiger partial charge in [-0.25, -0.2) is 0 Å². The Morgan fingerprint density at radius 2 is 0.907 bits per heavy atom. The Kier molecular flexibility index (Phi) is 18.6. The van der Waals surface area contributed by atoms with Crippen LogP contribution in [0.1, 0.15) is 87.5 Å². The van der Waals surface area contributed by atoms with E-state index >= 15 is 0 Å². The topological polar surface area (TPSA) is 83.1 Å². The van der Waals surface area contributed by atoms with Crippen LogP contribution in [-0.4, -0.2) is 62.0 Å². The Labute approximate surface area is 324 Å². The number of aryl methyl sites for hydroxylation is 2. The van der Waals surface area contributed by atoms with Crippen molar-refractivity contribution in [2.75, 3.05) is 51.0 Å². The number of carbonyl (C=O) groups excluding carboxylic acids is 2. The van der Waals surface area contributed by atoms with Crippen LogP contribution in [0.4, 0.5) is 11.4 Å². The van der Waals surface area contributed by atoms with Crippen molar-refractivity contribution in [1.82, 2.24) is 9.80 Å². The highest BCUT2D eigenvalue weighted by atomic mass is 16.5. The van der Waals surface area contributed by atoms with E-state index < -0.39 is 0 Å². The summed E-state index contributed by atoms with van der Waals surface area (Å²) in [6, 6.07) is 32.7. The van der Waals surface area contributed by atoms with E-state index in [0.29, 0.717) is 12.8 Å². The van der Waals surface area contributed by atoms with Crippen LogP contribution in [0.15, 0.2) is 97.1 Å². The predicted molar refractivity (Wildman–Crippen MR) is 222 cm³/mol. The Morgan fingerprint density at radius 3 is 1.28 bits per heavy atom. The molecule has 0 aliphatic heterocycles. The van der Waals surface area contributed by atoms with Gasteiger partial charge in [0.1, 0.15) is 11.5 Å². The fourth-order valence-corrected chi connectivity index (χ4v) is 6.69. The number of hydrogen-bond acceptors (Lipinski definition) is 6. The number of anilines is 2. The fourth-order valence-electron chi connectivity index (χ4n) is 6.69. The first-order valence-corrected chi connectivity index (χ1v) is 19.9. The molecule has 0 radical (unpaired) electrons. The zero-order chi connectivity index (χ0) is 38.4. The molecule has 0 unspecified atom stereocenters. The number of rotatable bonds is 25. The van der Waals surface area contributed by atoms with Gasteiger partial charge in [-0.2, -0.15) is 0 Å². The second-order valence-electron chi connectivity index (χ2n) is 14.0.